The van der Waals surface area contributed by atoms with Crippen LogP contribution in [0.4, 0.5) is 14.5 Å². The van der Waals surface area contributed by atoms with E-state index in [2.05, 4.69) is 11.6 Å². The highest BCUT2D eigenvalue weighted by Gasteiger charge is 2.19. The Kier molecular flexibility index (Phi) is 5.34. The zero-order valence-electron chi connectivity index (χ0n) is 14.0. The van der Waals surface area contributed by atoms with Gasteiger partial charge in [-0.2, -0.15) is 0 Å². The maximum atomic E-state index is 14.0. The molecule has 2 aromatic carbocycles. The average Bonchev–Trinajstić information content (AvgIpc) is 2.55. The van der Waals surface area contributed by atoms with Crippen LogP contribution in [-0.4, -0.2) is 11.4 Å². The molecule has 1 aliphatic heterocycles. The summed E-state index contributed by atoms with van der Waals surface area (Å²) in [7, 11) is 0. The first kappa shape index (κ1) is 17.7. The van der Waals surface area contributed by atoms with Gasteiger partial charge >= 0.3 is 0 Å². The third kappa shape index (κ3) is 3.45. The third-order valence-electron chi connectivity index (χ3n) is 3.67. The molecular formula is C19H20F2N2O. The number of fused-ring (bicyclic) bond motifs is 1. The SMILES string of the molecule is C=C1N=CN(Cc2c(C)cc(F)cc2F)c2ccc(O)cc21.CC. The van der Waals surface area contributed by atoms with Crippen LogP contribution in [0.5, 0.6) is 5.75 Å². The minimum atomic E-state index is -0.593. The van der Waals surface area contributed by atoms with Gasteiger partial charge in [0.2, 0.25) is 0 Å². The van der Waals surface area contributed by atoms with E-state index in [1.807, 2.05) is 13.8 Å². The van der Waals surface area contributed by atoms with Gasteiger partial charge in [0, 0.05) is 17.2 Å². The molecule has 0 aromatic heterocycles. The van der Waals surface area contributed by atoms with E-state index >= 15 is 0 Å². The van der Waals surface area contributed by atoms with Gasteiger partial charge in [0.1, 0.15) is 17.4 Å². The number of benzene rings is 2. The molecule has 1 aliphatic rings. The zero-order valence-corrected chi connectivity index (χ0v) is 14.0. The topological polar surface area (TPSA) is 35.8 Å². The summed E-state index contributed by atoms with van der Waals surface area (Å²) in [5.74, 6) is -1.07. The molecule has 0 spiro atoms. The molecule has 0 bridgehead atoms. The molecule has 24 heavy (non-hydrogen) atoms. The van der Waals surface area contributed by atoms with Gasteiger partial charge in [0.05, 0.1) is 24.3 Å². The van der Waals surface area contributed by atoms with Crippen LogP contribution in [0.25, 0.3) is 5.70 Å². The van der Waals surface area contributed by atoms with Gasteiger partial charge in [-0.3, -0.25) is 0 Å². The van der Waals surface area contributed by atoms with E-state index in [1.165, 1.54) is 6.07 Å². The summed E-state index contributed by atoms with van der Waals surface area (Å²) in [5, 5.41) is 9.59. The number of rotatable bonds is 2. The molecule has 0 atom stereocenters. The second kappa shape index (κ2) is 7.25. The van der Waals surface area contributed by atoms with Gasteiger partial charge < -0.3 is 10.0 Å². The van der Waals surface area contributed by atoms with Crippen molar-refractivity contribution in [3.63, 3.8) is 0 Å². The minimum absolute atomic E-state index is 0.112. The van der Waals surface area contributed by atoms with Gasteiger partial charge in [-0.1, -0.05) is 20.4 Å². The molecule has 1 N–H and O–H groups in total. The van der Waals surface area contributed by atoms with Crippen molar-refractivity contribution < 1.29 is 13.9 Å². The summed E-state index contributed by atoms with van der Waals surface area (Å²) >= 11 is 0. The maximum Gasteiger partial charge on any atom is 0.131 e. The number of phenolic OH excluding ortho intramolecular Hbond substituents is 1. The van der Waals surface area contributed by atoms with Crippen LogP contribution in [0.2, 0.25) is 0 Å². The van der Waals surface area contributed by atoms with Crippen molar-refractivity contribution >= 4 is 17.7 Å². The predicted octanol–water partition coefficient (Wildman–Crippen LogP) is 5.02. The summed E-state index contributed by atoms with van der Waals surface area (Å²) in [6.45, 7) is 9.71. The highest BCUT2D eigenvalue weighted by atomic mass is 19.1. The van der Waals surface area contributed by atoms with Crippen LogP contribution in [0.1, 0.15) is 30.5 Å². The van der Waals surface area contributed by atoms with Crippen molar-refractivity contribution in [2.24, 2.45) is 4.99 Å². The zero-order chi connectivity index (χ0) is 17.9. The third-order valence-corrected chi connectivity index (χ3v) is 3.67. The van der Waals surface area contributed by atoms with Gasteiger partial charge in [-0.05, 0) is 36.8 Å². The first-order valence-corrected chi connectivity index (χ1v) is 7.73. The van der Waals surface area contributed by atoms with Crippen LogP contribution < -0.4 is 4.90 Å². The molecule has 0 saturated heterocycles. The number of aromatic hydroxyl groups is 1. The first-order chi connectivity index (χ1) is 11.5. The van der Waals surface area contributed by atoms with Crippen molar-refractivity contribution in [3.05, 3.63) is 65.2 Å². The number of anilines is 1. The lowest BCUT2D eigenvalue weighted by molar-refractivity contribution is 0.475. The summed E-state index contributed by atoms with van der Waals surface area (Å²) in [6, 6.07) is 7.01. The van der Waals surface area contributed by atoms with Crippen molar-refractivity contribution in [1.82, 2.24) is 0 Å². The van der Waals surface area contributed by atoms with Gasteiger partial charge in [-0.25, -0.2) is 13.8 Å². The van der Waals surface area contributed by atoms with Gasteiger partial charge in [0.25, 0.3) is 0 Å². The lowest BCUT2D eigenvalue weighted by Gasteiger charge is -2.27. The summed E-state index contributed by atoms with van der Waals surface area (Å²) < 4.78 is 27.2. The summed E-state index contributed by atoms with van der Waals surface area (Å²) in [5.41, 5.74) is 2.91. The number of nitrogens with zero attached hydrogens (tertiary/aromatic N) is 2. The van der Waals surface area contributed by atoms with E-state index in [9.17, 15) is 13.9 Å². The molecular weight excluding hydrogens is 310 g/mol. The second-order valence-corrected chi connectivity index (χ2v) is 5.20. The van der Waals surface area contributed by atoms with Crippen molar-refractivity contribution in [2.45, 2.75) is 27.3 Å². The molecule has 2 aromatic rings. The van der Waals surface area contributed by atoms with E-state index in [0.29, 0.717) is 22.4 Å². The molecule has 126 valence electrons. The monoisotopic (exact) mass is 330 g/mol. The lowest BCUT2D eigenvalue weighted by atomic mass is 10.0. The number of halogens is 2. The molecule has 1 heterocycles. The predicted molar refractivity (Wildman–Crippen MR) is 94.3 cm³/mol. The van der Waals surface area contributed by atoms with Crippen molar-refractivity contribution in [2.75, 3.05) is 4.90 Å². The van der Waals surface area contributed by atoms with Gasteiger partial charge in [-0.15, -0.1) is 0 Å². The molecule has 0 saturated carbocycles. The van der Waals surface area contributed by atoms with Crippen molar-refractivity contribution in [3.8, 4) is 5.75 Å². The van der Waals surface area contributed by atoms with Crippen molar-refractivity contribution in [1.29, 1.82) is 0 Å². The molecule has 3 nitrogen and oxygen atoms in total. The fraction of sp³-hybridized carbons (Fsp3) is 0.211. The molecule has 0 unspecified atom stereocenters. The molecule has 0 aliphatic carbocycles. The van der Waals surface area contributed by atoms with Crippen LogP contribution in [0.3, 0.4) is 0 Å². The van der Waals surface area contributed by atoms with E-state index in [1.54, 1.807) is 36.4 Å². The van der Waals surface area contributed by atoms with E-state index in [4.69, 9.17) is 0 Å². The Morgan fingerprint density at radius 1 is 1.17 bits per heavy atom. The Hall–Kier alpha value is -2.69. The average molecular weight is 330 g/mol. The fourth-order valence-electron chi connectivity index (χ4n) is 2.51. The van der Waals surface area contributed by atoms with Crippen LogP contribution in [0.15, 0.2) is 41.9 Å². The van der Waals surface area contributed by atoms with Crippen LogP contribution >= 0.6 is 0 Å². The smallest absolute Gasteiger partial charge is 0.131 e. The minimum Gasteiger partial charge on any atom is -0.508 e. The quantitative estimate of drug-likeness (QED) is 0.839. The second-order valence-electron chi connectivity index (χ2n) is 5.20. The van der Waals surface area contributed by atoms with E-state index in [-0.39, 0.29) is 12.3 Å². The lowest BCUT2D eigenvalue weighted by Crippen LogP contribution is -2.25. The normalized spacial score (nSPS) is 12.5. The number of hydrogen-bond acceptors (Lipinski definition) is 3. The fourth-order valence-corrected chi connectivity index (χ4v) is 2.51. The maximum absolute atomic E-state index is 14.0. The molecule has 0 radical (unpaired) electrons. The highest BCUT2D eigenvalue weighted by Crippen LogP contribution is 2.34. The number of hydrogen-bond donors (Lipinski definition) is 1. The standard InChI is InChI=1S/C17H14F2N2O.C2H6/c1-10-5-12(18)6-16(19)15(10)8-21-9-20-11(2)14-7-13(22)3-4-17(14)21;1-2/h3-7,9,22H,2,8H2,1H3;1-2H3. The van der Waals surface area contributed by atoms with Gasteiger partial charge in [0.15, 0.2) is 0 Å². The Morgan fingerprint density at radius 3 is 2.54 bits per heavy atom. The molecule has 0 amide bonds. The molecule has 0 fully saturated rings. The molecule has 5 heteroatoms. The Labute approximate surface area is 140 Å². The number of aliphatic imine (C=N–C) groups is 1. The Morgan fingerprint density at radius 2 is 1.88 bits per heavy atom. The first-order valence-electron chi connectivity index (χ1n) is 7.73. The number of phenols is 1. The van der Waals surface area contributed by atoms with Crippen LogP contribution in [0, 0.1) is 18.6 Å². The summed E-state index contributed by atoms with van der Waals surface area (Å²) in [6.07, 6.45) is 1.56. The largest absolute Gasteiger partial charge is 0.508 e. The van der Waals surface area contributed by atoms with E-state index < -0.39 is 11.6 Å². The van der Waals surface area contributed by atoms with Crippen LogP contribution in [-0.2, 0) is 6.54 Å². The number of aryl methyl sites for hydroxylation is 1. The summed E-state index contributed by atoms with van der Waals surface area (Å²) in [4.78, 5) is 5.91. The highest BCUT2D eigenvalue weighted by molar-refractivity contribution is 5.94. The van der Waals surface area contributed by atoms with E-state index in [0.717, 1.165) is 11.8 Å². The Balaban J connectivity index is 0.00000100. The molecule has 3 rings (SSSR count). The Bertz CT molecular complexity index is 777.